The lowest BCUT2D eigenvalue weighted by Gasteiger charge is -2.28. The van der Waals surface area contributed by atoms with Gasteiger partial charge >= 0.3 is 0 Å². The molecule has 2 heteroatoms. The summed E-state index contributed by atoms with van der Waals surface area (Å²) in [6, 6.07) is 18.1. The van der Waals surface area contributed by atoms with Crippen LogP contribution in [0.3, 0.4) is 0 Å². The van der Waals surface area contributed by atoms with Crippen molar-refractivity contribution in [1.29, 1.82) is 0 Å². The molecule has 0 spiro atoms. The molecule has 0 bridgehead atoms. The van der Waals surface area contributed by atoms with Gasteiger partial charge in [0.2, 0.25) is 0 Å². The minimum atomic E-state index is 0.367. The molecule has 110 valence electrons. The minimum Gasteiger partial charge on any atom is -0.497 e. The highest BCUT2D eigenvalue weighted by Gasteiger charge is 2.19. The van der Waals surface area contributed by atoms with Crippen LogP contribution in [0.15, 0.2) is 48.5 Å². The smallest absolute Gasteiger partial charge is 0.118 e. The molecule has 3 rings (SSSR count). The Morgan fingerprint density at radius 2 is 1.76 bits per heavy atom. The van der Waals surface area contributed by atoms with Gasteiger partial charge in [-0.2, -0.15) is 0 Å². The first-order chi connectivity index (χ1) is 10.3. The molecule has 0 saturated carbocycles. The Labute approximate surface area is 127 Å². The van der Waals surface area contributed by atoms with E-state index < -0.39 is 0 Å². The lowest BCUT2D eigenvalue weighted by atomic mass is 9.88. The molecule has 0 heterocycles. The van der Waals surface area contributed by atoms with Crippen molar-refractivity contribution in [3.05, 3.63) is 65.2 Å². The molecule has 21 heavy (non-hydrogen) atoms. The van der Waals surface area contributed by atoms with Gasteiger partial charge in [0.15, 0.2) is 0 Å². The topological polar surface area (TPSA) is 21.3 Å². The second kappa shape index (κ2) is 6.31. The summed E-state index contributed by atoms with van der Waals surface area (Å²) in [7, 11) is 1.70. The maximum atomic E-state index is 5.22. The van der Waals surface area contributed by atoms with Crippen LogP contribution in [0.2, 0.25) is 0 Å². The third kappa shape index (κ3) is 3.27. The molecule has 0 aromatic heterocycles. The van der Waals surface area contributed by atoms with Crippen LogP contribution in [-0.4, -0.2) is 13.2 Å². The third-order valence-electron chi connectivity index (χ3n) is 4.45. The van der Waals surface area contributed by atoms with Gasteiger partial charge < -0.3 is 10.1 Å². The summed E-state index contributed by atoms with van der Waals surface area (Å²) < 4.78 is 5.22. The molecular formula is C19H23NO. The van der Waals surface area contributed by atoms with Crippen molar-refractivity contribution in [2.45, 2.75) is 38.3 Å². The summed E-state index contributed by atoms with van der Waals surface area (Å²) in [6.45, 7) is 2.24. The molecule has 2 aromatic carbocycles. The van der Waals surface area contributed by atoms with Crippen molar-refractivity contribution in [3.8, 4) is 5.75 Å². The van der Waals surface area contributed by atoms with E-state index >= 15 is 0 Å². The van der Waals surface area contributed by atoms with Crippen molar-refractivity contribution in [2.75, 3.05) is 7.11 Å². The SMILES string of the molecule is COc1ccc([C@@H](C)NC2CCc3ccccc3C2)cc1. The van der Waals surface area contributed by atoms with Crippen molar-refractivity contribution >= 4 is 0 Å². The highest BCUT2D eigenvalue weighted by atomic mass is 16.5. The molecule has 2 aromatic rings. The maximum Gasteiger partial charge on any atom is 0.118 e. The average molecular weight is 281 g/mol. The fourth-order valence-corrected chi connectivity index (χ4v) is 3.18. The first-order valence-corrected chi connectivity index (χ1v) is 7.73. The zero-order valence-electron chi connectivity index (χ0n) is 12.8. The molecule has 2 nitrogen and oxygen atoms in total. The number of benzene rings is 2. The van der Waals surface area contributed by atoms with Crippen molar-refractivity contribution < 1.29 is 4.74 Å². The molecule has 1 unspecified atom stereocenters. The minimum absolute atomic E-state index is 0.367. The van der Waals surface area contributed by atoms with Gasteiger partial charge in [0.25, 0.3) is 0 Å². The van der Waals surface area contributed by atoms with Crippen LogP contribution in [0.25, 0.3) is 0 Å². The van der Waals surface area contributed by atoms with Crippen LogP contribution in [0, 0.1) is 0 Å². The molecule has 0 amide bonds. The van der Waals surface area contributed by atoms with E-state index in [1.807, 2.05) is 12.1 Å². The monoisotopic (exact) mass is 281 g/mol. The van der Waals surface area contributed by atoms with Gasteiger partial charge in [-0.3, -0.25) is 0 Å². The fourth-order valence-electron chi connectivity index (χ4n) is 3.18. The van der Waals surface area contributed by atoms with Crippen LogP contribution in [0.5, 0.6) is 5.75 Å². The fraction of sp³-hybridized carbons (Fsp3) is 0.368. The summed E-state index contributed by atoms with van der Waals surface area (Å²) in [4.78, 5) is 0. The highest BCUT2D eigenvalue weighted by Crippen LogP contribution is 2.24. The Morgan fingerprint density at radius 3 is 2.48 bits per heavy atom. The van der Waals surface area contributed by atoms with Gasteiger partial charge in [0.1, 0.15) is 5.75 Å². The Morgan fingerprint density at radius 1 is 1.05 bits per heavy atom. The predicted octanol–water partition coefficient (Wildman–Crippen LogP) is 3.90. The molecule has 1 aliphatic rings. The van der Waals surface area contributed by atoms with Crippen molar-refractivity contribution in [2.24, 2.45) is 0 Å². The summed E-state index contributed by atoms with van der Waals surface area (Å²) in [5.74, 6) is 0.914. The first kappa shape index (κ1) is 14.2. The maximum absolute atomic E-state index is 5.22. The third-order valence-corrected chi connectivity index (χ3v) is 4.45. The van der Waals surface area contributed by atoms with Gasteiger partial charge in [-0.15, -0.1) is 0 Å². The van der Waals surface area contributed by atoms with Crippen LogP contribution < -0.4 is 10.1 Å². The van der Waals surface area contributed by atoms with E-state index in [-0.39, 0.29) is 0 Å². The zero-order valence-corrected chi connectivity index (χ0v) is 12.8. The lowest BCUT2D eigenvalue weighted by Crippen LogP contribution is -2.36. The molecule has 1 aliphatic carbocycles. The average Bonchev–Trinajstić information content (AvgIpc) is 2.55. The molecule has 0 fully saturated rings. The summed E-state index contributed by atoms with van der Waals surface area (Å²) in [6.07, 6.45) is 3.54. The number of fused-ring (bicyclic) bond motifs is 1. The number of ether oxygens (including phenoxy) is 1. The molecular weight excluding hydrogens is 258 g/mol. The van der Waals surface area contributed by atoms with E-state index in [9.17, 15) is 0 Å². The van der Waals surface area contributed by atoms with E-state index in [4.69, 9.17) is 4.74 Å². The zero-order chi connectivity index (χ0) is 14.7. The van der Waals surface area contributed by atoms with Gasteiger partial charge in [0, 0.05) is 12.1 Å². The van der Waals surface area contributed by atoms with E-state index in [1.54, 1.807) is 7.11 Å². The quantitative estimate of drug-likeness (QED) is 0.917. The number of hydrogen-bond donors (Lipinski definition) is 1. The summed E-state index contributed by atoms with van der Waals surface area (Å²) in [5, 5.41) is 3.77. The largest absolute Gasteiger partial charge is 0.497 e. The second-order valence-corrected chi connectivity index (χ2v) is 5.87. The number of rotatable bonds is 4. The Bertz CT molecular complexity index is 591. The Kier molecular flexibility index (Phi) is 4.26. The summed E-state index contributed by atoms with van der Waals surface area (Å²) >= 11 is 0. The van der Waals surface area contributed by atoms with E-state index in [2.05, 4.69) is 48.6 Å². The molecule has 0 aliphatic heterocycles. The van der Waals surface area contributed by atoms with Crippen LogP contribution in [0.1, 0.15) is 36.1 Å². The standard InChI is InChI=1S/C19H23NO/c1-14(15-8-11-19(21-2)12-9-15)20-18-10-7-16-5-3-4-6-17(16)13-18/h3-6,8-9,11-12,14,18,20H,7,10,13H2,1-2H3/t14-,18?/m1/s1. The summed E-state index contributed by atoms with van der Waals surface area (Å²) in [5.41, 5.74) is 4.34. The Hall–Kier alpha value is -1.80. The van der Waals surface area contributed by atoms with Gasteiger partial charge in [-0.1, -0.05) is 36.4 Å². The van der Waals surface area contributed by atoms with Crippen LogP contribution >= 0.6 is 0 Å². The molecule has 0 saturated heterocycles. The highest BCUT2D eigenvalue weighted by molar-refractivity contribution is 5.31. The number of hydrogen-bond acceptors (Lipinski definition) is 2. The molecule has 1 N–H and O–H groups in total. The number of aryl methyl sites for hydroxylation is 1. The normalized spacial score (nSPS) is 18.9. The van der Waals surface area contributed by atoms with Gasteiger partial charge in [-0.05, 0) is 55.0 Å². The Balaban J connectivity index is 1.64. The van der Waals surface area contributed by atoms with Gasteiger partial charge in [0.05, 0.1) is 7.11 Å². The second-order valence-electron chi connectivity index (χ2n) is 5.87. The first-order valence-electron chi connectivity index (χ1n) is 7.73. The van der Waals surface area contributed by atoms with E-state index in [0.29, 0.717) is 12.1 Å². The van der Waals surface area contributed by atoms with Gasteiger partial charge in [-0.25, -0.2) is 0 Å². The predicted molar refractivity (Wildman–Crippen MR) is 86.8 cm³/mol. The van der Waals surface area contributed by atoms with Crippen LogP contribution in [0.4, 0.5) is 0 Å². The molecule has 2 atom stereocenters. The lowest BCUT2D eigenvalue weighted by molar-refractivity contribution is 0.408. The van der Waals surface area contributed by atoms with Crippen LogP contribution in [-0.2, 0) is 12.8 Å². The van der Waals surface area contributed by atoms with E-state index in [1.165, 1.54) is 29.5 Å². The number of methoxy groups -OCH3 is 1. The number of nitrogens with one attached hydrogen (secondary N) is 1. The van der Waals surface area contributed by atoms with Crippen molar-refractivity contribution in [1.82, 2.24) is 5.32 Å². The van der Waals surface area contributed by atoms with E-state index in [0.717, 1.165) is 12.2 Å². The molecule has 0 radical (unpaired) electrons. The van der Waals surface area contributed by atoms with Crippen molar-refractivity contribution in [3.63, 3.8) is 0 Å².